The molecule has 4 amide bonds. The summed E-state index contributed by atoms with van der Waals surface area (Å²) >= 11 is 0. The molecule has 0 radical (unpaired) electrons. The highest BCUT2D eigenvalue weighted by atomic mass is 32.2. The minimum atomic E-state index is -3.93. The van der Waals surface area contributed by atoms with Gasteiger partial charge in [0.25, 0.3) is 5.91 Å². The molecule has 0 aliphatic carbocycles. The van der Waals surface area contributed by atoms with Gasteiger partial charge in [-0.1, -0.05) is 36.4 Å². The van der Waals surface area contributed by atoms with Gasteiger partial charge < -0.3 is 10.6 Å². The van der Waals surface area contributed by atoms with Crippen LogP contribution in [0.2, 0.25) is 0 Å². The number of carbonyl (C=O) groups excluding carboxylic acids is 3. The number of rotatable bonds is 5. The van der Waals surface area contributed by atoms with E-state index < -0.39 is 40.0 Å². The van der Waals surface area contributed by atoms with Crippen LogP contribution in [-0.4, -0.2) is 37.7 Å². The van der Waals surface area contributed by atoms with Crippen molar-refractivity contribution in [2.24, 2.45) is 5.14 Å². The van der Waals surface area contributed by atoms with Crippen molar-refractivity contribution in [3.8, 4) is 0 Å². The summed E-state index contributed by atoms with van der Waals surface area (Å²) in [6.45, 7) is 1.04. The van der Waals surface area contributed by atoms with E-state index in [0.717, 1.165) is 4.90 Å². The largest absolute Gasteiger partial charge is 0.325 e. The van der Waals surface area contributed by atoms with Gasteiger partial charge in [-0.15, -0.1) is 0 Å². The summed E-state index contributed by atoms with van der Waals surface area (Å²) in [7, 11) is -3.93. The summed E-state index contributed by atoms with van der Waals surface area (Å²) in [5.74, 6) is -1.22. The number of sulfonamides is 1. The van der Waals surface area contributed by atoms with Gasteiger partial charge in [0.1, 0.15) is 12.1 Å². The second-order valence-electron chi connectivity index (χ2n) is 6.43. The average Bonchev–Trinajstić information content (AvgIpc) is 2.86. The molecule has 0 aromatic heterocycles. The molecule has 1 aliphatic heterocycles. The second-order valence-corrected chi connectivity index (χ2v) is 7.99. The Bertz CT molecular complexity index is 1050. The molecule has 2 aromatic carbocycles. The molecule has 4 N–H and O–H groups in total. The minimum Gasteiger partial charge on any atom is -0.324 e. The van der Waals surface area contributed by atoms with Crippen LogP contribution < -0.4 is 15.8 Å². The maximum atomic E-state index is 12.8. The molecule has 1 unspecified atom stereocenters. The number of nitrogens with two attached hydrogens (primary N) is 1. The van der Waals surface area contributed by atoms with Crippen LogP contribution in [0.4, 0.5) is 10.5 Å². The lowest BCUT2D eigenvalue weighted by atomic mass is 9.92. The molecule has 0 spiro atoms. The third kappa shape index (κ3) is 3.73. The molecule has 9 nitrogen and oxygen atoms in total. The van der Waals surface area contributed by atoms with Gasteiger partial charge in [-0.25, -0.2) is 18.4 Å². The van der Waals surface area contributed by atoms with Gasteiger partial charge in [-0.05, 0) is 30.7 Å². The number of benzene rings is 2. The van der Waals surface area contributed by atoms with Crippen molar-refractivity contribution >= 4 is 33.6 Å². The molecule has 146 valence electrons. The molecule has 1 aliphatic rings. The zero-order chi connectivity index (χ0) is 20.5. The quantitative estimate of drug-likeness (QED) is 0.633. The summed E-state index contributed by atoms with van der Waals surface area (Å²) in [6, 6.07) is 13.4. The first-order chi connectivity index (χ1) is 13.1. The summed E-state index contributed by atoms with van der Waals surface area (Å²) in [4.78, 5) is 38.0. The van der Waals surface area contributed by atoms with E-state index in [9.17, 15) is 22.8 Å². The first kappa shape index (κ1) is 19.5. The highest BCUT2D eigenvalue weighted by molar-refractivity contribution is 7.89. The molecular formula is C18H18N4O5S. The Labute approximate surface area is 161 Å². The van der Waals surface area contributed by atoms with E-state index in [4.69, 9.17) is 5.14 Å². The van der Waals surface area contributed by atoms with E-state index in [1.165, 1.54) is 24.3 Å². The standard InChI is InChI=1S/C18H18N4O5S/c1-18(12-6-3-2-4-7-12)16(24)22(17(25)21-18)11-15(23)20-13-8-5-9-14(10-13)28(19,26)27/h2-10H,11H2,1H3,(H,20,23)(H,21,25)(H2,19,26,27). The van der Waals surface area contributed by atoms with Crippen LogP contribution in [0.1, 0.15) is 12.5 Å². The highest BCUT2D eigenvalue weighted by Gasteiger charge is 2.49. The Morgan fingerprint density at radius 3 is 2.46 bits per heavy atom. The second kappa shape index (κ2) is 7.06. The van der Waals surface area contributed by atoms with Gasteiger partial charge in [0.05, 0.1) is 4.90 Å². The number of primary sulfonamides is 1. The summed E-state index contributed by atoms with van der Waals surface area (Å²) in [6.07, 6.45) is 0. The van der Waals surface area contributed by atoms with E-state index in [0.29, 0.717) is 5.56 Å². The third-order valence-corrected chi connectivity index (χ3v) is 5.29. The fourth-order valence-electron chi connectivity index (χ4n) is 2.90. The molecule has 1 saturated heterocycles. The van der Waals surface area contributed by atoms with Crippen LogP contribution in [0, 0.1) is 0 Å². The van der Waals surface area contributed by atoms with Gasteiger partial charge in [0.2, 0.25) is 15.9 Å². The van der Waals surface area contributed by atoms with Crippen LogP contribution in [0.15, 0.2) is 59.5 Å². The molecule has 0 bridgehead atoms. The van der Waals surface area contributed by atoms with Crippen molar-refractivity contribution in [2.45, 2.75) is 17.4 Å². The molecule has 10 heteroatoms. The fourth-order valence-corrected chi connectivity index (χ4v) is 3.46. The molecule has 1 atom stereocenters. The Morgan fingerprint density at radius 2 is 1.82 bits per heavy atom. The third-order valence-electron chi connectivity index (χ3n) is 4.37. The maximum Gasteiger partial charge on any atom is 0.325 e. The Kier molecular flexibility index (Phi) is 4.92. The Morgan fingerprint density at radius 1 is 1.14 bits per heavy atom. The zero-order valence-corrected chi connectivity index (χ0v) is 15.7. The number of anilines is 1. The predicted molar refractivity (Wildman–Crippen MR) is 100 cm³/mol. The van der Waals surface area contributed by atoms with Gasteiger partial charge in [0.15, 0.2) is 0 Å². The zero-order valence-electron chi connectivity index (χ0n) is 14.9. The van der Waals surface area contributed by atoms with Crippen LogP contribution in [0.5, 0.6) is 0 Å². The van der Waals surface area contributed by atoms with Crippen LogP contribution in [0.3, 0.4) is 0 Å². The Hall–Kier alpha value is -3.24. The van der Waals surface area contributed by atoms with Gasteiger partial charge in [-0.3, -0.25) is 14.5 Å². The minimum absolute atomic E-state index is 0.169. The van der Waals surface area contributed by atoms with Gasteiger partial charge >= 0.3 is 6.03 Å². The SMILES string of the molecule is CC1(c2ccccc2)NC(=O)N(CC(=O)Nc2cccc(S(N)(=O)=O)c2)C1=O. The topological polar surface area (TPSA) is 139 Å². The number of hydrogen-bond acceptors (Lipinski definition) is 5. The van der Waals surface area contributed by atoms with Gasteiger partial charge in [-0.2, -0.15) is 0 Å². The summed E-state index contributed by atoms with van der Waals surface area (Å²) < 4.78 is 22.8. The normalized spacial score (nSPS) is 19.4. The number of carbonyl (C=O) groups is 3. The number of amides is 4. The lowest BCUT2D eigenvalue weighted by Crippen LogP contribution is -2.42. The van der Waals surface area contributed by atoms with Crippen molar-refractivity contribution in [2.75, 3.05) is 11.9 Å². The van der Waals surface area contributed by atoms with Crippen molar-refractivity contribution < 1.29 is 22.8 Å². The highest BCUT2D eigenvalue weighted by Crippen LogP contribution is 2.28. The van der Waals surface area contributed by atoms with E-state index >= 15 is 0 Å². The van der Waals surface area contributed by atoms with Crippen LogP contribution >= 0.6 is 0 Å². The van der Waals surface area contributed by atoms with Crippen molar-refractivity contribution in [3.63, 3.8) is 0 Å². The number of imide groups is 1. The number of nitrogens with zero attached hydrogens (tertiary/aromatic N) is 1. The van der Waals surface area contributed by atoms with E-state index in [1.807, 2.05) is 0 Å². The van der Waals surface area contributed by atoms with Crippen molar-refractivity contribution in [1.82, 2.24) is 10.2 Å². The predicted octanol–water partition coefficient (Wildman–Crippen LogP) is 0.740. The number of urea groups is 1. The first-order valence-corrected chi connectivity index (χ1v) is 9.78. The molecule has 1 heterocycles. The molecule has 0 saturated carbocycles. The summed E-state index contributed by atoms with van der Waals surface area (Å²) in [5, 5.41) is 10.1. The molecule has 28 heavy (non-hydrogen) atoms. The van der Waals surface area contributed by atoms with E-state index in [2.05, 4.69) is 10.6 Å². The van der Waals surface area contributed by atoms with Gasteiger partial charge in [0, 0.05) is 5.69 Å². The molecular weight excluding hydrogens is 384 g/mol. The average molecular weight is 402 g/mol. The maximum absolute atomic E-state index is 12.8. The molecule has 2 aromatic rings. The first-order valence-electron chi connectivity index (χ1n) is 8.23. The van der Waals surface area contributed by atoms with E-state index in [-0.39, 0.29) is 10.6 Å². The number of nitrogens with one attached hydrogen (secondary N) is 2. The lowest BCUT2D eigenvalue weighted by molar-refractivity contribution is -0.133. The molecule has 1 fully saturated rings. The summed E-state index contributed by atoms with van der Waals surface area (Å²) in [5.41, 5.74) is -0.502. The van der Waals surface area contributed by atoms with E-state index in [1.54, 1.807) is 37.3 Å². The molecule has 3 rings (SSSR count). The lowest BCUT2D eigenvalue weighted by Gasteiger charge is -2.22. The van der Waals surface area contributed by atoms with Crippen LogP contribution in [0.25, 0.3) is 0 Å². The Balaban J connectivity index is 1.74. The smallest absolute Gasteiger partial charge is 0.324 e. The number of hydrogen-bond donors (Lipinski definition) is 3. The monoisotopic (exact) mass is 402 g/mol. The van der Waals surface area contributed by atoms with Crippen LogP contribution in [-0.2, 0) is 25.2 Å². The fraction of sp³-hybridized carbons (Fsp3) is 0.167. The van der Waals surface area contributed by atoms with Crippen molar-refractivity contribution in [1.29, 1.82) is 0 Å². The van der Waals surface area contributed by atoms with Crippen molar-refractivity contribution in [3.05, 3.63) is 60.2 Å².